The third-order valence-corrected chi connectivity index (χ3v) is 4.49. The number of benzene rings is 2. The van der Waals surface area contributed by atoms with Crippen molar-refractivity contribution in [2.24, 2.45) is 5.73 Å². The molecule has 2 rings (SSSR count). The number of ether oxygens (including phenoxy) is 1. The van der Waals surface area contributed by atoms with Crippen molar-refractivity contribution in [2.45, 2.75) is 24.9 Å². The minimum absolute atomic E-state index is 0.195. The van der Waals surface area contributed by atoms with Crippen molar-refractivity contribution in [1.82, 2.24) is 4.90 Å². The van der Waals surface area contributed by atoms with Gasteiger partial charge in [0.15, 0.2) is 0 Å². The quantitative estimate of drug-likeness (QED) is 0.891. The Bertz CT molecular complexity index is 580. The predicted molar refractivity (Wildman–Crippen MR) is 92.2 cm³/mol. The highest BCUT2D eigenvalue weighted by atomic mass is 16.5. The molecular weight excluding hydrogens is 272 g/mol. The van der Waals surface area contributed by atoms with Crippen LogP contribution in [0.5, 0.6) is 5.75 Å². The Balaban J connectivity index is 2.40. The van der Waals surface area contributed by atoms with Crippen molar-refractivity contribution in [1.29, 1.82) is 0 Å². The normalized spacial score (nSPS) is 15.4. The lowest BCUT2D eigenvalue weighted by molar-refractivity contribution is 0.190. The molecule has 22 heavy (non-hydrogen) atoms. The predicted octanol–water partition coefficient (Wildman–Crippen LogP) is 3.04. The topological polar surface area (TPSA) is 38.5 Å². The fraction of sp³-hybridized carbons (Fsp3) is 0.368. The van der Waals surface area contributed by atoms with E-state index in [1.165, 1.54) is 5.56 Å². The van der Waals surface area contributed by atoms with Gasteiger partial charge >= 0.3 is 0 Å². The molecule has 3 heteroatoms. The molecule has 0 aromatic heterocycles. The molecule has 0 spiro atoms. The maximum Gasteiger partial charge on any atom is 0.118 e. The summed E-state index contributed by atoms with van der Waals surface area (Å²) in [5, 5.41) is 0. The van der Waals surface area contributed by atoms with Gasteiger partial charge in [0.05, 0.1) is 12.6 Å². The Morgan fingerprint density at radius 2 is 1.64 bits per heavy atom. The largest absolute Gasteiger partial charge is 0.497 e. The standard InChI is InChI=1S/C19H26N2O/c1-15(21(2)3)19(20,14-16-8-6-5-7-9-16)17-10-12-18(22-4)13-11-17/h5-13,15H,14,20H2,1-4H3. The Labute approximate surface area is 133 Å². The van der Waals surface area contributed by atoms with Crippen molar-refractivity contribution in [3.8, 4) is 5.75 Å². The molecule has 0 bridgehead atoms. The average molecular weight is 298 g/mol. The first kappa shape index (κ1) is 16.5. The van der Waals surface area contributed by atoms with Crippen molar-refractivity contribution < 1.29 is 4.74 Å². The molecule has 0 aliphatic carbocycles. The summed E-state index contributed by atoms with van der Waals surface area (Å²) in [6.45, 7) is 2.17. The maximum absolute atomic E-state index is 6.90. The highest BCUT2D eigenvalue weighted by molar-refractivity contribution is 5.35. The van der Waals surface area contributed by atoms with Crippen LogP contribution in [0.2, 0.25) is 0 Å². The van der Waals surface area contributed by atoms with E-state index in [9.17, 15) is 0 Å². The second kappa shape index (κ2) is 6.95. The van der Waals surface area contributed by atoms with Gasteiger partial charge in [-0.1, -0.05) is 42.5 Å². The number of rotatable bonds is 6. The molecule has 2 aromatic carbocycles. The lowest BCUT2D eigenvalue weighted by Crippen LogP contribution is -2.54. The number of nitrogens with zero attached hydrogens (tertiary/aromatic N) is 1. The number of hydrogen-bond donors (Lipinski definition) is 1. The molecule has 3 nitrogen and oxygen atoms in total. The van der Waals surface area contributed by atoms with Gasteiger partial charge in [0.1, 0.15) is 5.75 Å². The van der Waals surface area contributed by atoms with Crippen molar-refractivity contribution in [2.75, 3.05) is 21.2 Å². The van der Waals surface area contributed by atoms with Gasteiger partial charge in [0.25, 0.3) is 0 Å². The van der Waals surface area contributed by atoms with E-state index >= 15 is 0 Å². The molecule has 2 N–H and O–H groups in total. The van der Waals surface area contributed by atoms with Gasteiger partial charge in [-0.05, 0) is 50.7 Å². The Morgan fingerprint density at radius 3 is 2.14 bits per heavy atom. The molecule has 0 aliphatic heterocycles. The number of likely N-dealkylation sites (N-methyl/N-ethyl adjacent to an activating group) is 1. The van der Waals surface area contributed by atoms with E-state index < -0.39 is 5.54 Å². The van der Waals surface area contributed by atoms with E-state index in [1.54, 1.807) is 7.11 Å². The molecule has 0 heterocycles. The number of nitrogens with two attached hydrogens (primary N) is 1. The molecule has 0 aliphatic rings. The zero-order valence-corrected chi connectivity index (χ0v) is 13.9. The zero-order valence-electron chi connectivity index (χ0n) is 13.9. The van der Waals surface area contributed by atoms with Crippen molar-refractivity contribution in [3.63, 3.8) is 0 Å². The molecular formula is C19H26N2O. The first-order chi connectivity index (χ1) is 10.5. The molecule has 2 unspecified atom stereocenters. The van der Waals surface area contributed by atoms with Crippen molar-refractivity contribution in [3.05, 3.63) is 65.7 Å². The third kappa shape index (κ3) is 3.49. The fourth-order valence-corrected chi connectivity index (χ4v) is 2.79. The summed E-state index contributed by atoms with van der Waals surface area (Å²) < 4.78 is 5.26. The first-order valence-electron chi connectivity index (χ1n) is 7.61. The Morgan fingerprint density at radius 1 is 1.05 bits per heavy atom. The lowest BCUT2D eigenvalue weighted by atomic mass is 9.79. The van der Waals surface area contributed by atoms with Crippen LogP contribution in [-0.2, 0) is 12.0 Å². The van der Waals surface area contributed by atoms with Gasteiger partial charge in [-0.15, -0.1) is 0 Å². The van der Waals surface area contributed by atoms with Crippen LogP contribution in [0.4, 0.5) is 0 Å². The second-order valence-electron chi connectivity index (χ2n) is 6.07. The monoisotopic (exact) mass is 298 g/mol. The Kier molecular flexibility index (Phi) is 5.22. The van der Waals surface area contributed by atoms with E-state index in [0.717, 1.165) is 17.7 Å². The summed E-state index contributed by atoms with van der Waals surface area (Å²) >= 11 is 0. The van der Waals surface area contributed by atoms with Crippen LogP contribution in [0, 0.1) is 0 Å². The van der Waals surface area contributed by atoms with E-state index in [-0.39, 0.29) is 6.04 Å². The number of hydrogen-bond acceptors (Lipinski definition) is 3. The molecule has 0 radical (unpaired) electrons. The van der Waals surface area contributed by atoms with Gasteiger partial charge < -0.3 is 15.4 Å². The van der Waals surface area contributed by atoms with Gasteiger partial charge in [0, 0.05) is 6.04 Å². The van der Waals surface area contributed by atoms with Crippen LogP contribution >= 0.6 is 0 Å². The smallest absolute Gasteiger partial charge is 0.118 e. The van der Waals surface area contributed by atoms with Crippen LogP contribution in [-0.4, -0.2) is 32.1 Å². The highest BCUT2D eigenvalue weighted by Gasteiger charge is 2.35. The average Bonchev–Trinajstić information content (AvgIpc) is 2.55. The molecule has 0 fully saturated rings. The summed E-state index contributed by atoms with van der Waals surface area (Å²) in [5.74, 6) is 0.850. The minimum Gasteiger partial charge on any atom is -0.497 e. The van der Waals surface area contributed by atoms with Crippen molar-refractivity contribution >= 4 is 0 Å². The highest BCUT2D eigenvalue weighted by Crippen LogP contribution is 2.30. The summed E-state index contributed by atoms with van der Waals surface area (Å²) in [7, 11) is 5.82. The van der Waals surface area contributed by atoms with Gasteiger partial charge in [0.2, 0.25) is 0 Å². The summed E-state index contributed by atoms with van der Waals surface area (Å²) in [4.78, 5) is 2.17. The maximum atomic E-state index is 6.90. The molecule has 2 aromatic rings. The summed E-state index contributed by atoms with van der Waals surface area (Å²) in [6, 6.07) is 18.7. The van der Waals surface area contributed by atoms with Gasteiger partial charge in [-0.2, -0.15) is 0 Å². The second-order valence-corrected chi connectivity index (χ2v) is 6.07. The summed E-state index contributed by atoms with van der Waals surface area (Å²) in [5.41, 5.74) is 8.81. The van der Waals surface area contributed by atoms with Crippen LogP contribution in [0.3, 0.4) is 0 Å². The van der Waals surface area contributed by atoms with Crippen LogP contribution in [0.15, 0.2) is 54.6 Å². The van der Waals surface area contributed by atoms with E-state index in [2.05, 4.69) is 62.3 Å². The van der Waals surface area contributed by atoms with Gasteiger partial charge in [-0.3, -0.25) is 0 Å². The van der Waals surface area contributed by atoms with Gasteiger partial charge in [-0.25, -0.2) is 0 Å². The summed E-state index contributed by atoms with van der Waals surface area (Å²) in [6.07, 6.45) is 0.791. The molecule has 0 saturated carbocycles. The molecule has 0 saturated heterocycles. The Hall–Kier alpha value is -1.84. The van der Waals surface area contributed by atoms with Crippen LogP contribution in [0.25, 0.3) is 0 Å². The van der Waals surface area contributed by atoms with Crippen LogP contribution in [0.1, 0.15) is 18.1 Å². The SMILES string of the molecule is COc1ccc(C(N)(Cc2ccccc2)C(C)N(C)C)cc1. The molecule has 2 atom stereocenters. The van der Waals surface area contributed by atoms with E-state index in [4.69, 9.17) is 10.5 Å². The fourth-order valence-electron chi connectivity index (χ4n) is 2.79. The van der Waals surface area contributed by atoms with E-state index in [1.807, 2.05) is 18.2 Å². The number of methoxy groups -OCH3 is 1. The van der Waals surface area contributed by atoms with Crippen LogP contribution < -0.4 is 10.5 Å². The third-order valence-electron chi connectivity index (χ3n) is 4.49. The first-order valence-corrected chi connectivity index (χ1v) is 7.61. The zero-order chi connectivity index (χ0) is 16.2. The lowest BCUT2D eigenvalue weighted by Gasteiger charge is -2.40. The minimum atomic E-state index is -0.461. The molecule has 118 valence electrons. The molecule has 0 amide bonds. The van der Waals surface area contributed by atoms with E-state index in [0.29, 0.717) is 0 Å².